The Hall–Kier alpha value is -0.630. The first kappa shape index (κ1) is 15.4. The highest BCUT2D eigenvalue weighted by atomic mass is 32.1. The maximum atomic E-state index is 6.08. The molecule has 0 N–H and O–H groups in total. The number of rotatable bonds is 4. The van der Waals surface area contributed by atoms with Crippen LogP contribution in [0.3, 0.4) is 0 Å². The van der Waals surface area contributed by atoms with Crippen molar-refractivity contribution in [3.05, 3.63) is 28.8 Å². The zero-order valence-corrected chi connectivity index (χ0v) is 13.4. The molecule has 2 heteroatoms. The van der Waals surface area contributed by atoms with Crippen LogP contribution in [0, 0.1) is 32.1 Å². The van der Waals surface area contributed by atoms with Crippen molar-refractivity contribution in [3.8, 4) is 5.75 Å². The minimum atomic E-state index is 0.230. The quantitative estimate of drug-likeness (QED) is 0.785. The fourth-order valence-corrected chi connectivity index (χ4v) is 2.56. The monoisotopic (exact) mass is 266 g/mol. The Balaban J connectivity index is 2.83. The highest BCUT2D eigenvalue weighted by Gasteiger charge is 2.24. The van der Waals surface area contributed by atoms with Gasteiger partial charge in [-0.1, -0.05) is 32.9 Å². The molecule has 1 rings (SSSR count). The van der Waals surface area contributed by atoms with Crippen molar-refractivity contribution < 1.29 is 4.74 Å². The molecule has 1 nitrogen and oxygen atoms in total. The third-order valence-electron chi connectivity index (χ3n) is 3.75. The fraction of sp³-hybridized carbons (Fsp3) is 0.625. The molecule has 0 fully saturated rings. The van der Waals surface area contributed by atoms with Gasteiger partial charge in [-0.3, -0.25) is 0 Å². The Morgan fingerprint density at radius 1 is 1.11 bits per heavy atom. The van der Waals surface area contributed by atoms with Crippen molar-refractivity contribution in [2.45, 2.75) is 41.5 Å². The minimum Gasteiger partial charge on any atom is -0.493 e. The number of ether oxygens (including phenoxy) is 1. The van der Waals surface area contributed by atoms with E-state index in [2.05, 4.69) is 66.3 Å². The van der Waals surface area contributed by atoms with Crippen molar-refractivity contribution >= 4 is 12.6 Å². The van der Waals surface area contributed by atoms with Gasteiger partial charge >= 0.3 is 0 Å². The molecule has 1 aromatic rings. The second-order valence-corrected chi connectivity index (χ2v) is 6.58. The first-order chi connectivity index (χ1) is 8.27. The lowest BCUT2D eigenvalue weighted by molar-refractivity contribution is 0.164. The van der Waals surface area contributed by atoms with Crippen LogP contribution >= 0.6 is 12.6 Å². The van der Waals surface area contributed by atoms with Gasteiger partial charge in [-0.05, 0) is 48.6 Å². The van der Waals surface area contributed by atoms with E-state index in [1.54, 1.807) is 0 Å². The van der Waals surface area contributed by atoms with Gasteiger partial charge in [0.05, 0.1) is 6.61 Å². The second kappa shape index (κ2) is 6.01. The van der Waals surface area contributed by atoms with E-state index in [1.807, 2.05) is 0 Å². The van der Waals surface area contributed by atoms with Gasteiger partial charge in [-0.2, -0.15) is 12.6 Å². The summed E-state index contributed by atoms with van der Waals surface area (Å²) in [5, 5.41) is 0. The van der Waals surface area contributed by atoms with Crippen LogP contribution in [0.5, 0.6) is 5.75 Å². The first-order valence-electron chi connectivity index (χ1n) is 6.57. The van der Waals surface area contributed by atoms with Crippen molar-refractivity contribution in [1.29, 1.82) is 0 Å². The molecular formula is C16H26OS. The van der Waals surface area contributed by atoms with E-state index in [0.29, 0.717) is 5.92 Å². The summed E-state index contributed by atoms with van der Waals surface area (Å²) < 4.78 is 6.08. The lowest BCUT2D eigenvalue weighted by Gasteiger charge is -2.29. The third kappa shape index (κ3) is 3.68. The van der Waals surface area contributed by atoms with Crippen LogP contribution in [0.1, 0.15) is 37.5 Å². The van der Waals surface area contributed by atoms with Crippen LogP contribution in [0.4, 0.5) is 0 Å². The van der Waals surface area contributed by atoms with Crippen LogP contribution in [0.25, 0.3) is 0 Å². The normalized spacial score (nSPS) is 13.5. The van der Waals surface area contributed by atoms with E-state index in [-0.39, 0.29) is 5.41 Å². The number of thiol groups is 1. The largest absolute Gasteiger partial charge is 0.493 e. The molecule has 0 aliphatic rings. The summed E-state index contributed by atoms with van der Waals surface area (Å²) in [5.74, 6) is 2.36. The summed E-state index contributed by atoms with van der Waals surface area (Å²) in [6.45, 7) is 13.8. The summed E-state index contributed by atoms with van der Waals surface area (Å²) in [6.07, 6.45) is 0. The Morgan fingerprint density at radius 3 is 2.17 bits per heavy atom. The van der Waals surface area contributed by atoms with Gasteiger partial charge in [0.1, 0.15) is 5.75 Å². The van der Waals surface area contributed by atoms with E-state index in [0.717, 1.165) is 18.1 Å². The highest BCUT2D eigenvalue weighted by Crippen LogP contribution is 2.30. The Labute approximate surface area is 117 Å². The van der Waals surface area contributed by atoms with Crippen LogP contribution < -0.4 is 4.74 Å². The van der Waals surface area contributed by atoms with Crippen molar-refractivity contribution in [2.24, 2.45) is 11.3 Å². The highest BCUT2D eigenvalue weighted by molar-refractivity contribution is 7.80. The smallest absolute Gasteiger partial charge is 0.125 e. The van der Waals surface area contributed by atoms with E-state index < -0.39 is 0 Å². The fourth-order valence-electron chi connectivity index (χ4n) is 1.91. The zero-order chi connectivity index (χ0) is 13.9. The number of hydrogen-bond donors (Lipinski definition) is 1. The second-order valence-electron chi connectivity index (χ2n) is 6.21. The van der Waals surface area contributed by atoms with E-state index in [1.165, 1.54) is 16.7 Å². The summed E-state index contributed by atoms with van der Waals surface area (Å²) in [7, 11) is 0. The predicted molar refractivity (Wildman–Crippen MR) is 82.9 cm³/mol. The summed E-state index contributed by atoms with van der Waals surface area (Å²) in [6, 6.07) is 4.28. The van der Waals surface area contributed by atoms with Gasteiger partial charge in [0.2, 0.25) is 0 Å². The SMILES string of the molecule is Cc1ccc(C)c(OCC(CS)C(C)(C)C)c1C. The molecule has 0 aliphatic heterocycles. The molecule has 0 bridgehead atoms. The average molecular weight is 266 g/mol. The molecule has 1 atom stereocenters. The Bertz CT molecular complexity index is 404. The predicted octanol–water partition coefficient (Wildman–Crippen LogP) is 4.58. The summed E-state index contributed by atoms with van der Waals surface area (Å²) in [4.78, 5) is 0. The zero-order valence-electron chi connectivity index (χ0n) is 12.5. The van der Waals surface area contributed by atoms with Gasteiger partial charge in [-0.15, -0.1) is 0 Å². The number of benzene rings is 1. The molecule has 0 aliphatic carbocycles. The summed E-state index contributed by atoms with van der Waals surface area (Å²) >= 11 is 4.45. The molecule has 1 unspecified atom stereocenters. The molecule has 0 aromatic heterocycles. The first-order valence-corrected chi connectivity index (χ1v) is 7.21. The van der Waals surface area contributed by atoms with E-state index in [9.17, 15) is 0 Å². The van der Waals surface area contributed by atoms with Gasteiger partial charge < -0.3 is 4.74 Å². The number of hydrogen-bond acceptors (Lipinski definition) is 2. The molecule has 1 aromatic carbocycles. The number of aryl methyl sites for hydroxylation is 2. The average Bonchev–Trinajstić information content (AvgIpc) is 2.27. The van der Waals surface area contributed by atoms with E-state index >= 15 is 0 Å². The Morgan fingerprint density at radius 2 is 1.67 bits per heavy atom. The minimum absolute atomic E-state index is 0.230. The lowest BCUT2D eigenvalue weighted by atomic mass is 9.82. The van der Waals surface area contributed by atoms with Crippen LogP contribution in [0.15, 0.2) is 12.1 Å². The van der Waals surface area contributed by atoms with Crippen molar-refractivity contribution in [2.75, 3.05) is 12.4 Å². The molecular weight excluding hydrogens is 240 g/mol. The van der Waals surface area contributed by atoms with Crippen molar-refractivity contribution in [3.63, 3.8) is 0 Å². The standard InChI is InChI=1S/C16H26OS/c1-11-7-8-12(2)15(13(11)3)17-9-14(10-18)16(4,5)6/h7-8,14,18H,9-10H2,1-6H3. The molecule has 0 amide bonds. The van der Waals surface area contributed by atoms with Gasteiger partial charge in [-0.25, -0.2) is 0 Å². The Kier molecular flexibility index (Phi) is 5.15. The van der Waals surface area contributed by atoms with Gasteiger partial charge in [0.15, 0.2) is 0 Å². The lowest BCUT2D eigenvalue weighted by Crippen LogP contribution is -2.28. The molecule has 18 heavy (non-hydrogen) atoms. The third-order valence-corrected chi connectivity index (χ3v) is 4.19. The van der Waals surface area contributed by atoms with Gasteiger partial charge in [0, 0.05) is 5.92 Å². The summed E-state index contributed by atoms with van der Waals surface area (Å²) in [5.41, 5.74) is 3.98. The molecule has 0 heterocycles. The maximum Gasteiger partial charge on any atom is 0.125 e. The molecule has 0 saturated carbocycles. The van der Waals surface area contributed by atoms with Crippen LogP contribution in [0.2, 0.25) is 0 Å². The van der Waals surface area contributed by atoms with E-state index in [4.69, 9.17) is 4.74 Å². The topological polar surface area (TPSA) is 9.23 Å². The van der Waals surface area contributed by atoms with Crippen molar-refractivity contribution in [1.82, 2.24) is 0 Å². The molecule has 0 spiro atoms. The molecule has 0 saturated heterocycles. The van der Waals surface area contributed by atoms with Crippen LogP contribution in [-0.4, -0.2) is 12.4 Å². The molecule has 102 valence electrons. The van der Waals surface area contributed by atoms with Crippen LogP contribution in [-0.2, 0) is 0 Å². The van der Waals surface area contributed by atoms with Gasteiger partial charge in [0.25, 0.3) is 0 Å². The maximum absolute atomic E-state index is 6.08. The molecule has 0 radical (unpaired) electrons.